The molecule has 0 rings (SSSR count). The lowest BCUT2D eigenvalue weighted by molar-refractivity contribution is -0.138. The smallest absolute Gasteiger partial charge is 0.325 e. The van der Waals surface area contributed by atoms with Crippen LogP contribution in [0.25, 0.3) is 0 Å². The Morgan fingerprint density at radius 1 is 1.50 bits per heavy atom. The summed E-state index contributed by atoms with van der Waals surface area (Å²) in [6, 6.07) is -1.37. The molecule has 2 amide bonds. The van der Waals surface area contributed by atoms with Gasteiger partial charge in [-0.2, -0.15) is 0 Å². The van der Waals surface area contributed by atoms with E-state index in [1.807, 2.05) is 0 Å². The quantitative estimate of drug-likeness (QED) is 0.445. The van der Waals surface area contributed by atoms with Crippen LogP contribution in [-0.4, -0.2) is 29.7 Å². The van der Waals surface area contributed by atoms with Crippen molar-refractivity contribution < 1.29 is 14.7 Å². The van der Waals surface area contributed by atoms with E-state index < -0.39 is 18.0 Å². The molecule has 0 aliphatic rings. The van der Waals surface area contributed by atoms with Crippen LogP contribution in [0.4, 0.5) is 4.79 Å². The first-order valence-corrected chi connectivity index (χ1v) is 4.24. The molecule has 0 fully saturated rings. The van der Waals surface area contributed by atoms with Crippen LogP contribution in [0.15, 0.2) is 0 Å². The Balaban J connectivity index is 3.63. The SMILES string of the molecule is CC#CCCNC(=O)NC(C)C(=O)O. The first kappa shape index (κ1) is 12.3. The number of aliphatic carboxylic acids is 1. The van der Waals surface area contributed by atoms with Crippen LogP contribution in [0, 0.1) is 11.8 Å². The van der Waals surface area contributed by atoms with Crippen molar-refractivity contribution in [1.82, 2.24) is 10.6 Å². The van der Waals surface area contributed by atoms with Gasteiger partial charge >= 0.3 is 12.0 Å². The fourth-order valence-corrected chi connectivity index (χ4v) is 0.673. The first-order chi connectivity index (χ1) is 6.57. The van der Waals surface area contributed by atoms with Crippen LogP contribution in [0.3, 0.4) is 0 Å². The number of amides is 2. The van der Waals surface area contributed by atoms with Gasteiger partial charge in [0, 0.05) is 13.0 Å². The Morgan fingerprint density at radius 3 is 2.64 bits per heavy atom. The molecular weight excluding hydrogens is 184 g/mol. The minimum absolute atomic E-state index is 0.416. The van der Waals surface area contributed by atoms with Gasteiger partial charge in [0.25, 0.3) is 0 Å². The monoisotopic (exact) mass is 198 g/mol. The van der Waals surface area contributed by atoms with Crippen molar-refractivity contribution in [2.24, 2.45) is 0 Å². The number of urea groups is 1. The van der Waals surface area contributed by atoms with Gasteiger partial charge < -0.3 is 15.7 Å². The fraction of sp³-hybridized carbons (Fsp3) is 0.556. The summed E-state index contributed by atoms with van der Waals surface area (Å²) in [6.45, 7) is 3.53. The van der Waals surface area contributed by atoms with E-state index in [-0.39, 0.29) is 0 Å². The topological polar surface area (TPSA) is 78.4 Å². The number of hydrogen-bond acceptors (Lipinski definition) is 2. The second-order valence-electron chi connectivity index (χ2n) is 2.64. The highest BCUT2D eigenvalue weighted by Crippen LogP contribution is 1.81. The van der Waals surface area contributed by atoms with Crippen LogP contribution >= 0.6 is 0 Å². The Bertz CT molecular complexity index is 265. The van der Waals surface area contributed by atoms with Gasteiger partial charge in [0.1, 0.15) is 6.04 Å². The van der Waals surface area contributed by atoms with Gasteiger partial charge in [0.15, 0.2) is 0 Å². The number of nitrogens with one attached hydrogen (secondary N) is 2. The highest BCUT2D eigenvalue weighted by atomic mass is 16.4. The van der Waals surface area contributed by atoms with E-state index in [1.54, 1.807) is 6.92 Å². The minimum Gasteiger partial charge on any atom is -0.480 e. The lowest BCUT2D eigenvalue weighted by atomic mass is 10.3. The Hall–Kier alpha value is -1.70. The zero-order chi connectivity index (χ0) is 11.0. The van der Waals surface area contributed by atoms with Crippen LogP contribution in [0.5, 0.6) is 0 Å². The number of hydrogen-bond donors (Lipinski definition) is 3. The molecule has 0 bridgehead atoms. The summed E-state index contributed by atoms with van der Waals surface area (Å²) in [4.78, 5) is 21.3. The third-order valence-corrected chi connectivity index (χ3v) is 1.43. The van der Waals surface area contributed by atoms with E-state index in [4.69, 9.17) is 5.11 Å². The standard InChI is InChI=1S/C9H14N2O3/c1-3-4-5-6-10-9(14)11-7(2)8(12)13/h7H,5-6H2,1-2H3,(H,12,13)(H2,10,11,14). The van der Waals surface area contributed by atoms with Crippen molar-refractivity contribution >= 4 is 12.0 Å². The van der Waals surface area contributed by atoms with Gasteiger partial charge in [-0.3, -0.25) is 4.79 Å². The zero-order valence-corrected chi connectivity index (χ0v) is 8.26. The third-order valence-electron chi connectivity index (χ3n) is 1.43. The van der Waals surface area contributed by atoms with Gasteiger partial charge in [-0.1, -0.05) is 0 Å². The van der Waals surface area contributed by atoms with Gasteiger partial charge in [-0.05, 0) is 13.8 Å². The van der Waals surface area contributed by atoms with Gasteiger partial charge in [0.2, 0.25) is 0 Å². The summed E-state index contributed by atoms with van der Waals surface area (Å²) in [5.74, 6) is 4.39. The lowest BCUT2D eigenvalue weighted by Crippen LogP contribution is -2.44. The molecule has 78 valence electrons. The van der Waals surface area contributed by atoms with Gasteiger partial charge in [-0.15, -0.1) is 11.8 Å². The van der Waals surface area contributed by atoms with E-state index in [9.17, 15) is 9.59 Å². The van der Waals surface area contributed by atoms with E-state index >= 15 is 0 Å². The molecule has 0 spiro atoms. The first-order valence-electron chi connectivity index (χ1n) is 4.24. The van der Waals surface area contributed by atoms with Crippen LogP contribution in [0.2, 0.25) is 0 Å². The molecule has 1 unspecified atom stereocenters. The maximum Gasteiger partial charge on any atom is 0.325 e. The number of carboxylic acid groups (broad SMARTS) is 1. The summed E-state index contributed by atoms with van der Waals surface area (Å²) in [5.41, 5.74) is 0. The van der Waals surface area contributed by atoms with Crippen molar-refractivity contribution in [3.8, 4) is 11.8 Å². The summed E-state index contributed by atoms with van der Waals surface area (Å²) < 4.78 is 0. The molecule has 0 aliphatic heterocycles. The summed E-state index contributed by atoms with van der Waals surface area (Å²) >= 11 is 0. The predicted molar refractivity (Wildman–Crippen MR) is 51.7 cm³/mol. The highest BCUT2D eigenvalue weighted by molar-refractivity contribution is 5.82. The largest absolute Gasteiger partial charge is 0.480 e. The van der Waals surface area contributed by atoms with E-state index in [1.165, 1.54) is 6.92 Å². The number of carbonyl (C=O) groups is 2. The molecule has 0 aromatic rings. The van der Waals surface area contributed by atoms with Crippen molar-refractivity contribution in [3.05, 3.63) is 0 Å². The fourth-order valence-electron chi connectivity index (χ4n) is 0.673. The number of carboxylic acids is 1. The minimum atomic E-state index is -1.06. The highest BCUT2D eigenvalue weighted by Gasteiger charge is 2.12. The third kappa shape index (κ3) is 5.89. The number of rotatable bonds is 4. The molecule has 0 saturated carbocycles. The lowest BCUT2D eigenvalue weighted by Gasteiger charge is -2.09. The average Bonchev–Trinajstić information content (AvgIpc) is 2.12. The maximum atomic E-state index is 11.0. The second-order valence-corrected chi connectivity index (χ2v) is 2.64. The maximum absolute atomic E-state index is 11.0. The van der Waals surface area contributed by atoms with Crippen molar-refractivity contribution in [2.45, 2.75) is 26.3 Å². The molecule has 0 aliphatic carbocycles. The Morgan fingerprint density at radius 2 is 2.14 bits per heavy atom. The van der Waals surface area contributed by atoms with E-state index in [0.717, 1.165) is 0 Å². The second kappa shape index (κ2) is 6.78. The molecular formula is C9H14N2O3. The van der Waals surface area contributed by atoms with Crippen LogP contribution < -0.4 is 10.6 Å². The molecule has 5 nitrogen and oxygen atoms in total. The molecule has 5 heteroatoms. The normalized spacial score (nSPS) is 10.7. The van der Waals surface area contributed by atoms with Gasteiger partial charge in [0.05, 0.1) is 0 Å². The van der Waals surface area contributed by atoms with Crippen molar-refractivity contribution in [3.63, 3.8) is 0 Å². The van der Waals surface area contributed by atoms with Gasteiger partial charge in [-0.25, -0.2) is 4.79 Å². The summed E-state index contributed by atoms with van der Waals surface area (Å²) in [7, 11) is 0. The molecule has 14 heavy (non-hydrogen) atoms. The molecule has 0 radical (unpaired) electrons. The van der Waals surface area contributed by atoms with Crippen molar-refractivity contribution in [1.29, 1.82) is 0 Å². The Kier molecular flexibility index (Phi) is 5.95. The summed E-state index contributed by atoms with van der Waals surface area (Å²) in [5, 5.41) is 13.2. The van der Waals surface area contributed by atoms with E-state index in [2.05, 4.69) is 22.5 Å². The molecule has 0 aromatic heterocycles. The zero-order valence-electron chi connectivity index (χ0n) is 8.26. The predicted octanol–water partition coefficient (Wildman–Crippen LogP) is 0.172. The Labute approximate surface area is 82.9 Å². The molecule has 0 saturated heterocycles. The van der Waals surface area contributed by atoms with Crippen LogP contribution in [-0.2, 0) is 4.79 Å². The average molecular weight is 198 g/mol. The molecule has 0 aromatic carbocycles. The van der Waals surface area contributed by atoms with E-state index in [0.29, 0.717) is 13.0 Å². The molecule has 0 heterocycles. The van der Waals surface area contributed by atoms with Crippen LogP contribution in [0.1, 0.15) is 20.3 Å². The number of carbonyl (C=O) groups excluding carboxylic acids is 1. The molecule has 3 N–H and O–H groups in total. The molecule has 1 atom stereocenters. The van der Waals surface area contributed by atoms with Crippen molar-refractivity contribution in [2.75, 3.05) is 6.54 Å². The summed E-state index contributed by atoms with van der Waals surface area (Å²) in [6.07, 6.45) is 0.561.